The SMILES string of the molecule is CC.CCc1ccnc(N)c1. The van der Waals surface area contributed by atoms with E-state index in [1.54, 1.807) is 6.20 Å². The van der Waals surface area contributed by atoms with Gasteiger partial charge in [0.1, 0.15) is 5.82 Å². The number of hydrogen-bond acceptors (Lipinski definition) is 2. The van der Waals surface area contributed by atoms with Gasteiger partial charge in [-0.1, -0.05) is 20.8 Å². The van der Waals surface area contributed by atoms with E-state index >= 15 is 0 Å². The molecule has 0 aliphatic rings. The van der Waals surface area contributed by atoms with Crippen molar-refractivity contribution < 1.29 is 0 Å². The maximum absolute atomic E-state index is 5.42. The first-order chi connectivity index (χ1) is 5.33. The van der Waals surface area contributed by atoms with Crippen LogP contribution in [-0.2, 0) is 6.42 Å². The Bertz CT molecular complexity index is 197. The molecule has 0 spiro atoms. The van der Waals surface area contributed by atoms with Crippen LogP contribution in [0.2, 0.25) is 0 Å². The van der Waals surface area contributed by atoms with E-state index in [2.05, 4.69) is 11.9 Å². The Morgan fingerprint density at radius 3 is 2.45 bits per heavy atom. The van der Waals surface area contributed by atoms with Gasteiger partial charge in [-0.2, -0.15) is 0 Å². The first kappa shape index (κ1) is 9.95. The first-order valence-electron chi connectivity index (χ1n) is 4.03. The van der Waals surface area contributed by atoms with E-state index in [4.69, 9.17) is 5.73 Å². The van der Waals surface area contributed by atoms with Gasteiger partial charge < -0.3 is 5.73 Å². The summed E-state index contributed by atoms with van der Waals surface area (Å²) < 4.78 is 0. The van der Waals surface area contributed by atoms with E-state index in [-0.39, 0.29) is 0 Å². The highest BCUT2D eigenvalue weighted by Crippen LogP contribution is 2.02. The van der Waals surface area contributed by atoms with Crippen LogP contribution in [0, 0.1) is 0 Å². The number of nitrogens with zero attached hydrogens (tertiary/aromatic N) is 1. The van der Waals surface area contributed by atoms with Crippen molar-refractivity contribution in [2.24, 2.45) is 0 Å². The molecular formula is C9H16N2. The Morgan fingerprint density at radius 2 is 2.09 bits per heavy atom. The minimum absolute atomic E-state index is 0.606. The molecule has 11 heavy (non-hydrogen) atoms. The minimum Gasteiger partial charge on any atom is -0.384 e. The summed E-state index contributed by atoms with van der Waals surface area (Å²) in [5.74, 6) is 0.606. The van der Waals surface area contributed by atoms with E-state index in [9.17, 15) is 0 Å². The number of aromatic nitrogens is 1. The zero-order valence-electron chi connectivity index (χ0n) is 7.46. The van der Waals surface area contributed by atoms with Gasteiger partial charge in [-0.15, -0.1) is 0 Å². The zero-order valence-corrected chi connectivity index (χ0v) is 7.46. The molecule has 0 aliphatic heterocycles. The number of aryl methyl sites for hydroxylation is 1. The van der Waals surface area contributed by atoms with Gasteiger partial charge in [-0.25, -0.2) is 4.98 Å². The zero-order chi connectivity index (χ0) is 8.69. The average Bonchev–Trinajstić information content (AvgIpc) is 2.08. The van der Waals surface area contributed by atoms with Crippen molar-refractivity contribution in [2.75, 3.05) is 5.73 Å². The van der Waals surface area contributed by atoms with Crippen molar-refractivity contribution in [1.29, 1.82) is 0 Å². The highest BCUT2D eigenvalue weighted by molar-refractivity contribution is 5.31. The van der Waals surface area contributed by atoms with Crippen LogP contribution < -0.4 is 5.73 Å². The van der Waals surface area contributed by atoms with Gasteiger partial charge >= 0.3 is 0 Å². The number of pyridine rings is 1. The molecule has 2 heteroatoms. The summed E-state index contributed by atoms with van der Waals surface area (Å²) >= 11 is 0. The number of rotatable bonds is 1. The molecule has 0 aromatic carbocycles. The van der Waals surface area contributed by atoms with Crippen LogP contribution in [0.3, 0.4) is 0 Å². The van der Waals surface area contributed by atoms with Gasteiger partial charge in [0.2, 0.25) is 0 Å². The third kappa shape index (κ3) is 3.61. The summed E-state index contributed by atoms with van der Waals surface area (Å²) in [6, 6.07) is 3.86. The molecule has 0 radical (unpaired) electrons. The Kier molecular flexibility index (Phi) is 5.17. The molecule has 0 saturated carbocycles. The fourth-order valence-corrected chi connectivity index (χ4v) is 0.714. The third-order valence-corrected chi connectivity index (χ3v) is 1.25. The van der Waals surface area contributed by atoms with Gasteiger partial charge in [0.15, 0.2) is 0 Å². The van der Waals surface area contributed by atoms with Gasteiger partial charge in [0.05, 0.1) is 0 Å². The molecule has 0 unspecified atom stereocenters. The largest absolute Gasteiger partial charge is 0.384 e. The van der Waals surface area contributed by atoms with E-state index < -0.39 is 0 Å². The molecule has 0 bridgehead atoms. The predicted octanol–water partition coefficient (Wildman–Crippen LogP) is 2.25. The monoisotopic (exact) mass is 152 g/mol. The van der Waals surface area contributed by atoms with Crippen LogP contribution in [0.15, 0.2) is 18.3 Å². The molecular weight excluding hydrogens is 136 g/mol. The predicted molar refractivity (Wildman–Crippen MR) is 49.4 cm³/mol. The molecule has 0 aliphatic carbocycles. The fraction of sp³-hybridized carbons (Fsp3) is 0.444. The maximum Gasteiger partial charge on any atom is 0.123 e. The van der Waals surface area contributed by atoms with Gasteiger partial charge in [-0.05, 0) is 24.1 Å². The van der Waals surface area contributed by atoms with Crippen LogP contribution in [0.4, 0.5) is 5.82 Å². The lowest BCUT2D eigenvalue weighted by Gasteiger charge is -1.94. The summed E-state index contributed by atoms with van der Waals surface area (Å²) in [6.45, 7) is 6.09. The highest BCUT2D eigenvalue weighted by Gasteiger charge is 1.87. The number of nitrogens with two attached hydrogens (primary N) is 1. The molecule has 0 fully saturated rings. The molecule has 1 heterocycles. The third-order valence-electron chi connectivity index (χ3n) is 1.25. The van der Waals surface area contributed by atoms with Crippen molar-refractivity contribution in [3.63, 3.8) is 0 Å². The van der Waals surface area contributed by atoms with Crippen molar-refractivity contribution >= 4 is 5.82 Å². The second-order valence-corrected chi connectivity index (χ2v) is 1.94. The Labute approximate surface area is 68.5 Å². The minimum atomic E-state index is 0.606. The molecule has 2 N–H and O–H groups in total. The van der Waals surface area contributed by atoms with Crippen molar-refractivity contribution in [2.45, 2.75) is 27.2 Å². The van der Waals surface area contributed by atoms with Crippen molar-refractivity contribution in [3.05, 3.63) is 23.9 Å². The maximum atomic E-state index is 5.42. The molecule has 1 aromatic rings. The first-order valence-corrected chi connectivity index (χ1v) is 4.03. The Hall–Kier alpha value is -1.05. The van der Waals surface area contributed by atoms with Crippen molar-refractivity contribution in [1.82, 2.24) is 4.98 Å². The van der Waals surface area contributed by atoms with E-state index in [1.807, 2.05) is 26.0 Å². The van der Waals surface area contributed by atoms with E-state index in [0.29, 0.717) is 5.82 Å². The lowest BCUT2D eigenvalue weighted by atomic mass is 10.2. The molecule has 62 valence electrons. The summed E-state index contributed by atoms with van der Waals surface area (Å²) in [4.78, 5) is 3.87. The van der Waals surface area contributed by atoms with Gasteiger partial charge in [0.25, 0.3) is 0 Å². The Morgan fingerprint density at radius 1 is 1.45 bits per heavy atom. The second kappa shape index (κ2) is 5.71. The standard InChI is InChI=1S/C7H10N2.C2H6/c1-2-6-3-4-9-7(8)5-6;1-2/h3-5H,2H2,1H3,(H2,8,9);1-2H3. The van der Waals surface area contributed by atoms with Gasteiger partial charge in [-0.3, -0.25) is 0 Å². The normalized spacial score (nSPS) is 8.27. The van der Waals surface area contributed by atoms with E-state index in [0.717, 1.165) is 6.42 Å². The lowest BCUT2D eigenvalue weighted by molar-refractivity contribution is 1.12. The molecule has 0 saturated heterocycles. The quantitative estimate of drug-likeness (QED) is 0.670. The highest BCUT2D eigenvalue weighted by atomic mass is 14.8. The number of anilines is 1. The van der Waals surface area contributed by atoms with Crippen LogP contribution >= 0.6 is 0 Å². The van der Waals surface area contributed by atoms with Crippen molar-refractivity contribution in [3.8, 4) is 0 Å². The smallest absolute Gasteiger partial charge is 0.123 e. The molecule has 1 rings (SSSR count). The lowest BCUT2D eigenvalue weighted by Crippen LogP contribution is -1.90. The summed E-state index contributed by atoms with van der Waals surface area (Å²) in [5.41, 5.74) is 6.66. The second-order valence-electron chi connectivity index (χ2n) is 1.94. The average molecular weight is 152 g/mol. The van der Waals surface area contributed by atoms with Crippen LogP contribution in [-0.4, -0.2) is 4.98 Å². The topological polar surface area (TPSA) is 38.9 Å². The van der Waals surface area contributed by atoms with Crippen LogP contribution in [0.1, 0.15) is 26.3 Å². The fourth-order valence-electron chi connectivity index (χ4n) is 0.714. The van der Waals surface area contributed by atoms with Gasteiger partial charge in [0, 0.05) is 6.20 Å². The number of nitrogen functional groups attached to an aromatic ring is 1. The Balaban J connectivity index is 0.000000461. The van der Waals surface area contributed by atoms with Crippen LogP contribution in [0.25, 0.3) is 0 Å². The van der Waals surface area contributed by atoms with E-state index in [1.165, 1.54) is 5.56 Å². The summed E-state index contributed by atoms with van der Waals surface area (Å²) in [6.07, 6.45) is 2.75. The molecule has 0 atom stereocenters. The molecule has 2 nitrogen and oxygen atoms in total. The molecule has 1 aromatic heterocycles. The number of hydrogen-bond donors (Lipinski definition) is 1. The molecule has 0 amide bonds. The van der Waals surface area contributed by atoms with Crippen LogP contribution in [0.5, 0.6) is 0 Å². The summed E-state index contributed by atoms with van der Waals surface area (Å²) in [5, 5.41) is 0. The summed E-state index contributed by atoms with van der Waals surface area (Å²) in [7, 11) is 0.